The number of ether oxygens (including phenoxy) is 1. The SMILES string of the molecule is NC(=O)COc1c(Cl)cc(/C=N/NC(=O)c2cccc([N+](=O)[O-])c2)cc1Cl. The van der Waals surface area contributed by atoms with Gasteiger partial charge in [-0.25, -0.2) is 5.43 Å². The Morgan fingerprint density at radius 2 is 1.93 bits per heavy atom. The third-order valence-electron chi connectivity index (χ3n) is 3.08. The molecule has 0 saturated heterocycles. The van der Waals surface area contributed by atoms with Gasteiger partial charge < -0.3 is 10.5 Å². The maximum absolute atomic E-state index is 12.0. The Morgan fingerprint density at radius 1 is 1.26 bits per heavy atom. The number of non-ortho nitro benzene ring substituents is 1. The van der Waals surface area contributed by atoms with Crippen LogP contribution in [0.4, 0.5) is 5.69 Å². The normalized spacial score (nSPS) is 10.6. The van der Waals surface area contributed by atoms with Gasteiger partial charge >= 0.3 is 0 Å². The van der Waals surface area contributed by atoms with Crippen LogP contribution < -0.4 is 15.9 Å². The van der Waals surface area contributed by atoms with E-state index in [-0.39, 0.29) is 33.7 Å². The van der Waals surface area contributed by atoms with E-state index in [4.69, 9.17) is 33.7 Å². The molecule has 0 spiro atoms. The maximum Gasteiger partial charge on any atom is 0.271 e. The van der Waals surface area contributed by atoms with Gasteiger partial charge in [0.25, 0.3) is 17.5 Å². The fraction of sp³-hybridized carbons (Fsp3) is 0.0625. The number of halogens is 2. The third kappa shape index (κ3) is 5.66. The molecule has 11 heteroatoms. The Kier molecular flexibility index (Phi) is 6.69. The van der Waals surface area contributed by atoms with E-state index < -0.39 is 16.7 Å². The zero-order valence-corrected chi connectivity index (χ0v) is 15.0. The number of rotatable bonds is 7. The van der Waals surface area contributed by atoms with Gasteiger partial charge in [0.15, 0.2) is 12.4 Å². The fourth-order valence-electron chi connectivity index (χ4n) is 1.93. The molecule has 0 aromatic heterocycles. The first-order chi connectivity index (χ1) is 12.8. The van der Waals surface area contributed by atoms with Crippen LogP contribution in [-0.2, 0) is 4.79 Å². The van der Waals surface area contributed by atoms with Gasteiger partial charge in [0.05, 0.1) is 21.2 Å². The van der Waals surface area contributed by atoms with E-state index in [1.54, 1.807) is 0 Å². The lowest BCUT2D eigenvalue weighted by Gasteiger charge is -2.09. The summed E-state index contributed by atoms with van der Waals surface area (Å²) in [5.41, 5.74) is 7.53. The van der Waals surface area contributed by atoms with Gasteiger partial charge in [-0.05, 0) is 23.8 Å². The van der Waals surface area contributed by atoms with E-state index in [0.29, 0.717) is 5.56 Å². The monoisotopic (exact) mass is 410 g/mol. The van der Waals surface area contributed by atoms with Crippen LogP contribution in [0.3, 0.4) is 0 Å². The molecule has 0 aliphatic rings. The number of nitrogens with two attached hydrogens (primary N) is 1. The summed E-state index contributed by atoms with van der Waals surface area (Å²) in [6.45, 7) is -0.383. The molecular formula is C16H12Cl2N4O5. The molecule has 0 unspecified atom stereocenters. The van der Waals surface area contributed by atoms with Crippen LogP contribution in [0, 0.1) is 10.1 Å². The standard InChI is InChI=1S/C16H12Cl2N4O5/c17-12-4-9(5-13(18)15(12)27-8-14(19)23)7-20-21-16(24)10-2-1-3-11(6-10)22(25)26/h1-7H,8H2,(H2,19,23)(H,21,24)/b20-7+. The number of benzene rings is 2. The summed E-state index contributed by atoms with van der Waals surface area (Å²) in [6.07, 6.45) is 1.27. The predicted molar refractivity (Wildman–Crippen MR) is 99.3 cm³/mol. The van der Waals surface area contributed by atoms with Crippen molar-refractivity contribution in [3.8, 4) is 5.75 Å². The minimum absolute atomic E-state index is 0.0765. The number of nitrogens with zero attached hydrogens (tertiary/aromatic N) is 2. The van der Waals surface area contributed by atoms with Gasteiger partial charge in [0, 0.05) is 17.7 Å². The number of carbonyl (C=O) groups is 2. The number of hydrogen-bond donors (Lipinski definition) is 2. The molecule has 0 aliphatic heterocycles. The van der Waals surface area contributed by atoms with E-state index in [0.717, 1.165) is 6.07 Å². The van der Waals surface area contributed by atoms with E-state index in [2.05, 4.69) is 10.5 Å². The summed E-state index contributed by atoms with van der Waals surface area (Å²) in [4.78, 5) is 32.9. The summed E-state index contributed by atoms with van der Waals surface area (Å²) in [5.74, 6) is -1.22. The van der Waals surface area contributed by atoms with Crippen molar-refractivity contribution in [3.63, 3.8) is 0 Å². The lowest BCUT2D eigenvalue weighted by molar-refractivity contribution is -0.384. The van der Waals surface area contributed by atoms with Crippen LogP contribution in [0.1, 0.15) is 15.9 Å². The number of nitrogens with one attached hydrogen (secondary N) is 1. The Morgan fingerprint density at radius 3 is 2.52 bits per heavy atom. The first-order valence-corrected chi connectivity index (χ1v) is 8.01. The molecule has 140 valence electrons. The van der Waals surface area contributed by atoms with Crippen molar-refractivity contribution < 1.29 is 19.2 Å². The molecule has 2 amide bonds. The molecule has 2 rings (SSSR count). The highest BCUT2D eigenvalue weighted by molar-refractivity contribution is 6.37. The van der Waals surface area contributed by atoms with E-state index in [9.17, 15) is 19.7 Å². The van der Waals surface area contributed by atoms with Crippen LogP contribution >= 0.6 is 23.2 Å². The molecule has 2 aromatic carbocycles. The van der Waals surface area contributed by atoms with Crippen molar-refractivity contribution in [1.29, 1.82) is 0 Å². The number of amides is 2. The van der Waals surface area contributed by atoms with Gasteiger partial charge in [-0.3, -0.25) is 19.7 Å². The quantitative estimate of drug-likeness (QED) is 0.410. The third-order valence-corrected chi connectivity index (χ3v) is 3.64. The van der Waals surface area contributed by atoms with Crippen LogP contribution in [0.25, 0.3) is 0 Å². The average Bonchev–Trinajstić information content (AvgIpc) is 2.60. The van der Waals surface area contributed by atoms with E-state index in [1.807, 2.05) is 0 Å². The molecule has 0 aliphatic carbocycles. The van der Waals surface area contributed by atoms with Crippen molar-refractivity contribution in [2.75, 3.05) is 6.61 Å². The van der Waals surface area contributed by atoms with Crippen molar-refractivity contribution in [1.82, 2.24) is 5.43 Å². The van der Waals surface area contributed by atoms with Crippen molar-refractivity contribution in [2.45, 2.75) is 0 Å². The topological polar surface area (TPSA) is 137 Å². The summed E-state index contributed by atoms with van der Waals surface area (Å²) in [5, 5.41) is 14.7. The molecule has 0 heterocycles. The van der Waals surface area contributed by atoms with E-state index in [1.165, 1.54) is 36.5 Å². The van der Waals surface area contributed by atoms with Crippen molar-refractivity contribution in [2.24, 2.45) is 10.8 Å². The Labute approximate surface area is 162 Å². The molecule has 9 nitrogen and oxygen atoms in total. The smallest absolute Gasteiger partial charge is 0.271 e. The zero-order chi connectivity index (χ0) is 20.0. The maximum atomic E-state index is 12.0. The molecule has 0 saturated carbocycles. The van der Waals surface area contributed by atoms with Crippen LogP contribution in [0.2, 0.25) is 10.0 Å². The van der Waals surface area contributed by atoms with Crippen LogP contribution in [-0.4, -0.2) is 29.6 Å². The molecule has 0 atom stereocenters. The first kappa shape index (κ1) is 20.1. The average molecular weight is 411 g/mol. The van der Waals surface area contributed by atoms with Gasteiger partial charge in [-0.15, -0.1) is 0 Å². The number of nitro groups is 1. The molecule has 27 heavy (non-hydrogen) atoms. The molecule has 0 bridgehead atoms. The van der Waals surface area contributed by atoms with Gasteiger partial charge in [0.1, 0.15) is 0 Å². The Bertz CT molecular complexity index is 910. The summed E-state index contributed by atoms with van der Waals surface area (Å²) >= 11 is 12.1. The highest BCUT2D eigenvalue weighted by Crippen LogP contribution is 2.33. The van der Waals surface area contributed by atoms with Gasteiger partial charge in [-0.2, -0.15) is 5.10 Å². The van der Waals surface area contributed by atoms with E-state index >= 15 is 0 Å². The number of carbonyl (C=O) groups excluding carboxylic acids is 2. The second-order valence-corrected chi connectivity index (χ2v) is 5.89. The molecule has 0 radical (unpaired) electrons. The fourth-order valence-corrected chi connectivity index (χ4v) is 2.54. The number of nitro benzene ring substituents is 1. The highest BCUT2D eigenvalue weighted by atomic mass is 35.5. The molecule has 2 aromatic rings. The Hall–Kier alpha value is -3.17. The van der Waals surface area contributed by atoms with Crippen molar-refractivity contribution >= 4 is 46.9 Å². The highest BCUT2D eigenvalue weighted by Gasteiger charge is 2.12. The minimum atomic E-state index is -0.684. The lowest BCUT2D eigenvalue weighted by atomic mass is 10.2. The van der Waals surface area contributed by atoms with Gasteiger partial charge in [0.2, 0.25) is 0 Å². The summed E-state index contributed by atoms with van der Waals surface area (Å²) in [6, 6.07) is 8.10. The molecule has 3 N–H and O–H groups in total. The molecular weight excluding hydrogens is 399 g/mol. The van der Waals surface area contributed by atoms with Crippen LogP contribution in [0.5, 0.6) is 5.75 Å². The number of primary amides is 1. The van der Waals surface area contributed by atoms with Crippen molar-refractivity contribution in [3.05, 3.63) is 67.7 Å². The van der Waals surface area contributed by atoms with Gasteiger partial charge in [-0.1, -0.05) is 29.3 Å². The largest absolute Gasteiger partial charge is 0.481 e. The second-order valence-electron chi connectivity index (χ2n) is 5.08. The summed E-state index contributed by atoms with van der Waals surface area (Å²) in [7, 11) is 0. The number of hydrazone groups is 1. The predicted octanol–water partition coefficient (Wildman–Crippen LogP) is 2.53. The molecule has 0 fully saturated rings. The first-order valence-electron chi connectivity index (χ1n) is 7.26. The zero-order valence-electron chi connectivity index (χ0n) is 13.5. The minimum Gasteiger partial charge on any atom is -0.481 e. The number of hydrogen-bond acceptors (Lipinski definition) is 6. The summed E-state index contributed by atoms with van der Waals surface area (Å²) < 4.78 is 5.11. The lowest BCUT2D eigenvalue weighted by Crippen LogP contribution is -2.20. The Balaban J connectivity index is 2.07. The van der Waals surface area contributed by atoms with Crippen LogP contribution in [0.15, 0.2) is 41.5 Å². The second kappa shape index (κ2) is 8.97.